The molecule has 0 aliphatic rings. The highest BCUT2D eigenvalue weighted by atomic mass is 79.9. The van der Waals surface area contributed by atoms with Gasteiger partial charge < -0.3 is 9.64 Å². The normalized spacial score (nSPS) is 10.5. The van der Waals surface area contributed by atoms with Gasteiger partial charge in [-0.3, -0.25) is 4.79 Å². The minimum absolute atomic E-state index is 0.107. The third-order valence-corrected chi connectivity index (χ3v) is 5.05. The molecule has 0 aliphatic heterocycles. The number of methoxy groups -OCH3 is 1. The van der Waals surface area contributed by atoms with Crippen LogP contribution in [0.1, 0.15) is 34.1 Å². The lowest BCUT2D eigenvalue weighted by Crippen LogP contribution is -2.32. The summed E-state index contributed by atoms with van der Waals surface area (Å²) >= 11 is 3.51. The summed E-state index contributed by atoms with van der Waals surface area (Å²) in [5.41, 5.74) is 4.09. The number of aryl methyl sites for hydroxylation is 2. The first kappa shape index (κ1) is 17.5. The van der Waals surface area contributed by atoms with Crippen LogP contribution in [-0.4, -0.2) is 24.5 Å². The predicted octanol–water partition coefficient (Wildman–Crippen LogP) is 4.44. The largest absolute Gasteiger partial charge is 0.480 e. The van der Waals surface area contributed by atoms with E-state index >= 15 is 0 Å². The van der Waals surface area contributed by atoms with Crippen LogP contribution in [0.4, 0.5) is 5.69 Å². The maximum atomic E-state index is 13.2. The number of pyridine rings is 1. The number of hydrogen-bond donors (Lipinski definition) is 0. The van der Waals surface area contributed by atoms with Gasteiger partial charge in [0.2, 0.25) is 5.88 Å². The van der Waals surface area contributed by atoms with Crippen LogP contribution in [0, 0.1) is 20.8 Å². The van der Waals surface area contributed by atoms with Gasteiger partial charge in [0.15, 0.2) is 0 Å². The summed E-state index contributed by atoms with van der Waals surface area (Å²) in [5, 5.41) is 0. The molecule has 5 heteroatoms. The van der Waals surface area contributed by atoms with Crippen molar-refractivity contribution in [2.24, 2.45) is 0 Å². The monoisotopic (exact) mass is 376 g/mol. The molecule has 0 spiro atoms. The number of nitrogens with zero attached hydrogens (tertiary/aromatic N) is 2. The van der Waals surface area contributed by atoms with Gasteiger partial charge in [0.25, 0.3) is 5.91 Å². The number of halogens is 1. The molecule has 2 aromatic rings. The summed E-state index contributed by atoms with van der Waals surface area (Å²) in [6, 6.07) is 7.85. The Labute approximate surface area is 145 Å². The van der Waals surface area contributed by atoms with Gasteiger partial charge in [0, 0.05) is 16.7 Å². The average Bonchev–Trinajstić information content (AvgIpc) is 2.54. The van der Waals surface area contributed by atoms with E-state index in [1.807, 2.05) is 52.0 Å². The van der Waals surface area contributed by atoms with Crippen LogP contribution in [-0.2, 0) is 0 Å². The fourth-order valence-corrected chi connectivity index (χ4v) is 2.91. The lowest BCUT2D eigenvalue weighted by atomic mass is 10.1. The van der Waals surface area contributed by atoms with Crippen molar-refractivity contribution in [1.29, 1.82) is 0 Å². The highest BCUT2D eigenvalue weighted by molar-refractivity contribution is 9.10. The molecule has 0 N–H and O–H groups in total. The Balaban J connectivity index is 2.59. The minimum atomic E-state index is -0.107. The Morgan fingerprint density at radius 3 is 2.48 bits per heavy atom. The van der Waals surface area contributed by atoms with Crippen molar-refractivity contribution in [3.8, 4) is 5.88 Å². The van der Waals surface area contributed by atoms with Crippen LogP contribution in [0.15, 0.2) is 28.7 Å². The van der Waals surface area contributed by atoms with Gasteiger partial charge in [-0.05, 0) is 60.8 Å². The number of benzene rings is 1. The molecule has 0 atom stereocenters. The second-order valence-corrected chi connectivity index (χ2v) is 6.15. The molecule has 0 fully saturated rings. The molecule has 4 nitrogen and oxygen atoms in total. The van der Waals surface area contributed by atoms with Crippen molar-refractivity contribution in [2.45, 2.75) is 27.7 Å². The second kappa shape index (κ2) is 7.13. The van der Waals surface area contributed by atoms with E-state index in [1.54, 1.807) is 4.90 Å². The second-order valence-electron chi connectivity index (χ2n) is 5.36. The van der Waals surface area contributed by atoms with E-state index in [0.717, 1.165) is 27.0 Å². The average molecular weight is 377 g/mol. The summed E-state index contributed by atoms with van der Waals surface area (Å²) in [5.74, 6) is 0.254. The summed E-state index contributed by atoms with van der Waals surface area (Å²) in [7, 11) is 1.54. The Hall–Kier alpha value is -1.88. The quantitative estimate of drug-likeness (QED) is 0.791. The molecule has 1 amide bonds. The van der Waals surface area contributed by atoms with E-state index in [9.17, 15) is 4.79 Å². The Morgan fingerprint density at radius 2 is 1.91 bits per heavy atom. The molecule has 0 unspecified atom stereocenters. The fraction of sp³-hybridized carbons (Fsp3) is 0.333. The minimum Gasteiger partial charge on any atom is -0.480 e. The van der Waals surface area contributed by atoms with Gasteiger partial charge in [0.05, 0.1) is 12.8 Å². The number of ether oxygens (including phenoxy) is 1. The summed E-state index contributed by atoms with van der Waals surface area (Å²) < 4.78 is 6.20. The van der Waals surface area contributed by atoms with Gasteiger partial charge in [-0.15, -0.1) is 0 Å². The lowest BCUT2D eigenvalue weighted by Gasteiger charge is -2.25. The van der Waals surface area contributed by atoms with Crippen molar-refractivity contribution in [3.05, 3.63) is 51.1 Å². The number of anilines is 1. The van der Waals surface area contributed by atoms with E-state index < -0.39 is 0 Å². The fourth-order valence-electron chi connectivity index (χ4n) is 2.62. The van der Waals surface area contributed by atoms with Gasteiger partial charge in [-0.1, -0.05) is 18.2 Å². The zero-order valence-corrected chi connectivity index (χ0v) is 15.7. The van der Waals surface area contributed by atoms with Gasteiger partial charge in [-0.25, -0.2) is 4.98 Å². The SMILES string of the molecule is CCN(C(=O)c1c(OC)nc(C)c(Br)c1C)c1ccccc1C. The number of hydrogen-bond acceptors (Lipinski definition) is 3. The zero-order valence-electron chi connectivity index (χ0n) is 14.1. The maximum Gasteiger partial charge on any atom is 0.264 e. The maximum absolute atomic E-state index is 13.2. The van der Waals surface area contributed by atoms with Crippen LogP contribution in [0.2, 0.25) is 0 Å². The predicted molar refractivity (Wildman–Crippen MR) is 96.5 cm³/mol. The highest BCUT2D eigenvalue weighted by Crippen LogP contribution is 2.31. The number of aromatic nitrogens is 1. The van der Waals surface area contributed by atoms with Crippen LogP contribution >= 0.6 is 15.9 Å². The molecular formula is C18H21BrN2O2. The molecule has 1 aromatic heterocycles. The van der Waals surface area contributed by atoms with Gasteiger partial charge >= 0.3 is 0 Å². The molecule has 23 heavy (non-hydrogen) atoms. The Morgan fingerprint density at radius 1 is 1.26 bits per heavy atom. The van der Waals surface area contributed by atoms with E-state index in [2.05, 4.69) is 20.9 Å². The van der Waals surface area contributed by atoms with Gasteiger partial charge in [-0.2, -0.15) is 0 Å². The van der Waals surface area contributed by atoms with Crippen LogP contribution in [0.25, 0.3) is 0 Å². The number of amides is 1. The topological polar surface area (TPSA) is 42.4 Å². The molecule has 2 rings (SSSR count). The van der Waals surface area contributed by atoms with Crippen LogP contribution in [0.3, 0.4) is 0 Å². The first-order valence-corrected chi connectivity index (χ1v) is 8.29. The summed E-state index contributed by atoms with van der Waals surface area (Å²) in [4.78, 5) is 19.3. The van der Waals surface area contributed by atoms with Crippen molar-refractivity contribution in [3.63, 3.8) is 0 Å². The van der Waals surface area contributed by atoms with Crippen molar-refractivity contribution in [1.82, 2.24) is 4.98 Å². The van der Waals surface area contributed by atoms with Gasteiger partial charge in [0.1, 0.15) is 5.56 Å². The molecule has 0 bridgehead atoms. The summed E-state index contributed by atoms with van der Waals surface area (Å²) in [6.07, 6.45) is 0. The number of rotatable bonds is 4. The van der Waals surface area contributed by atoms with E-state index in [4.69, 9.17) is 4.74 Å². The molecule has 1 heterocycles. The van der Waals surface area contributed by atoms with E-state index in [-0.39, 0.29) is 5.91 Å². The Bertz CT molecular complexity index is 744. The Kier molecular flexibility index (Phi) is 5.42. The van der Waals surface area contributed by atoms with E-state index in [0.29, 0.717) is 18.0 Å². The first-order valence-electron chi connectivity index (χ1n) is 7.50. The van der Waals surface area contributed by atoms with Crippen molar-refractivity contribution >= 4 is 27.5 Å². The first-order chi connectivity index (χ1) is 10.9. The third-order valence-electron chi connectivity index (χ3n) is 3.88. The van der Waals surface area contributed by atoms with E-state index in [1.165, 1.54) is 7.11 Å². The summed E-state index contributed by atoms with van der Waals surface area (Å²) in [6.45, 7) is 8.31. The molecule has 0 saturated heterocycles. The molecule has 1 aromatic carbocycles. The van der Waals surface area contributed by atoms with Crippen LogP contribution < -0.4 is 9.64 Å². The number of para-hydroxylation sites is 1. The molecule has 0 aliphatic carbocycles. The molecule has 122 valence electrons. The smallest absolute Gasteiger partial charge is 0.264 e. The number of carbonyl (C=O) groups is 1. The molecular weight excluding hydrogens is 356 g/mol. The molecule has 0 radical (unpaired) electrons. The van der Waals surface area contributed by atoms with Crippen LogP contribution in [0.5, 0.6) is 5.88 Å². The standard InChI is InChI=1S/C18H21BrN2O2/c1-6-21(14-10-8-7-9-11(14)2)18(22)15-12(3)16(19)13(4)20-17(15)23-5/h7-10H,6H2,1-5H3. The highest BCUT2D eigenvalue weighted by Gasteiger charge is 2.26. The third kappa shape index (κ3) is 3.24. The number of carbonyl (C=O) groups excluding carboxylic acids is 1. The zero-order chi connectivity index (χ0) is 17.1. The van der Waals surface area contributed by atoms with Crippen molar-refractivity contribution in [2.75, 3.05) is 18.6 Å². The molecule has 0 saturated carbocycles. The lowest BCUT2D eigenvalue weighted by molar-refractivity contribution is 0.0983. The van der Waals surface area contributed by atoms with Crippen molar-refractivity contribution < 1.29 is 9.53 Å².